The molecule has 1 amide bonds. The van der Waals surface area contributed by atoms with Crippen LogP contribution in [-0.4, -0.2) is 54.2 Å². The number of carbonyl (C=O) groups is 2. The average molecular weight is 350 g/mol. The second-order valence-corrected chi connectivity index (χ2v) is 6.76. The van der Waals surface area contributed by atoms with Gasteiger partial charge in [0.05, 0.1) is 0 Å². The van der Waals surface area contributed by atoms with Crippen molar-refractivity contribution < 1.29 is 9.59 Å². The zero-order valence-electron chi connectivity index (χ0n) is 15.4. The van der Waals surface area contributed by atoms with E-state index in [2.05, 4.69) is 11.8 Å². The average Bonchev–Trinajstić information content (AvgIpc) is 2.72. The van der Waals surface area contributed by atoms with Crippen LogP contribution >= 0.6 is 0 Å². The monoisotopic (exact) mass is 350 g/mol. The van der Waals surface area contributed by atoms with Gasteiger partial charge in [0.15, 0.2) is 5.78 Å². The van der Waals surface area contributed by atoms with E-state index in [1.165, 1.54) is 12.8 Å². The van der Waals surface area contributed by atoms with Gasteiger partial charge in [0.1, 0.15) is 0 Å². The van der Waals surface area contributed by atoms with Gasteiger partial charge in [-0.25, -0.2) is 0 Å². The van der Waals surface area contributed by atoms with Crippen LogP contribution in [0.3, 0.4) is 0 Å². The summed E-state index contributed by atoms with van der Waals surface area (Å²) in [6, 6.07) is 16.2. The maximum absolute atomic E-state index is 12.7. The largest absolute Gasteiger partial charge is 0.336 e. The van der Waals surface area contributed by atoms with E-state index in [1.54, 1.807) is 36.4 Å². The standard InChI is InChI=1S/C22H26N2O2/c1-2-3-13-23-14-16-24(17-15-23)22(26)20-11-9-19(10-12-20)21(25)18-7-5-4-6-8-18/h4-12H,2-3,13-17H2,1H3. The zero-order chi connectivity index (χ0) is 18.4. The Morgan fingerprint density at radius 1 is 0.808 bits per heavy atom. The van der Waals surface area contributed by atoms with E-state index in [0.717, 1.165) is 32.7 Å². The summed E-state index contributed by atoms with van der Waals surface area (Å²) in [5.41, 5.74) is 1.92. The fraction of sp³-hybridized carbons (Fsp3) is 0.364. The first-order valence-electron chi connectivity index (χ1n) is 9.40. The van der Waals surface area contributed by atoms with Crippen LogP contribution in [0.2, 0.25) is 0 Å². The molecule has 3 rings (SSSR count). The smallest absolute Gasteiger partial charge is 0.253 e. The number of piperazine rings is 1. The molecule has 0 unspecified atom stereocenters. The fourth-order valence-corrected chi connectivity index (χ4v) is 3.26. The Balaban J connectivity index is 1.60. The molecule has 1 heterocycles. The van der Waals surface area contributed by atoms with E-state index >= 15 is 0 Å². The molecular formula is C22H26N2O2. The summed E-state index contributed by atoms with van der Waals surface area (Å²) in [5, 5.41) is 0. The topological polar surface area (TPSA) is 40.6 Å². The van der Waals surface area contributed by atoms with E-state index in [-0.39, 0.29) is 11.7 Å². The van der Waals surface area contributed by atoms with Gasteiger partial charge in [0, 0.05) is 42.9 Å². The number of hydrogen-bond donors (Lipinski definition) is 0. The van der Waals surface area contributed by atoms with Crippen LogP contribution in [0.4, 0.5) is 0 Å². The van der Waals surface area contributed by atoms with Crippen molar-refractivity contribution in [3.8, 4) is 0 Å². The van der Waals surface area contributed by atoms with Crippen molar-refractivity contribution in [2.45, 2.75) is 19.8 Å². The minimum Gasteiger partial charge on any atom is -0.336 e. The number of hydrogen-bond acceptors (Lipinski definition) is 3. The molecule has 136 valence electrons. The molecule has 1 saturated heterocycles. The Hall–Kier alpha value is -2.46. The number of amides is 1. The summed E-state index contributed by atoms with van der Waals surface area (Å²) in [6.45, 7) is 6.74. The Labute approximate surface area is 155 Å². The lowest BCUT2D eigenvalue weighted by atomic mass is 10.0. The third kappa shape index (κ3) is 4.38. The first-order chi connectivity index (χ1) is 12.7. The highest BCUT2D eigenvalue weighted by Gasteiger charge is 2.22. The van der Waals surface area contributed by atoms with E-state index in [9.17, 15) is 9.59 Å². The summed E-state index contributed by atoms with van der Waals surface area (Å²) in [6.07, 6.45) is 2.41. The summed E-state index contributed by atoms with van der Waals surface area (Å²) in [7, 11) is 0. The maximum atomic E-state index is 12.7. The number of nitrogens with zero attached hydrogens (tertiary/aromatic N) is 2. The van der Waals surface area contributed by atoms with E-state index in [0.29, 0.717) is 16.7 Å². The van der Waals surface area contributed by atoms with Crippen molar-refractivity contribution >= 4 is 11.7 Å². The molecule has 1 aliphatic rings. The van der Waals surface area contributed by atoms with Gasteiger partial charge >= 0.3 is 0 Å². The summed E-state index contributed by atoms with van der Waals surface area (Å²) in [4.78, 5) is 29.5. The molecule has 2 aromatic carbocycles. The van der Waals surface area contributed by atoms with Gasteiger partial charge in [-0.05, 0) is 25.1 Å². The molecule has 0 saturated carbocycles. The minimum atomic E-state index is -0.0193. The second kappa shape index (κ2) is 8.77. The van der Waals surface area contributed by atoms with Gasteiger partial charge in [-0.15, -0.1) is 0 Å². The Morgan fingerprint density at radius 2 is 1.38 bits per heavy atom. The number of unbranched alkanes of at least 4 members (excludes halogenated alkanes) is 1. The third-order valence-corrected chi connectivity index (χ3v) is 4.92. The second-order valence-electron chi connectivity index (χ2n) is 6.76. The van der Waals surface area contributed by atoms with Crippen molar-refractivity contribution in [2.24, 2.45) is 0 Å². The zero-order valence-corrected chi connectivity index (χ0v) is 15.4. The number of carbonyl (C=O) groups excluding carboxylic acids is 2. The van der Waals surface area contributed by atoms with Gasteiger partial charge in [-0.2, -0.15) is 0 Å². The van der Waals surface area contributed by atoms with Crippen LogP contribution in [0.25, 0.3) is 0 Å². The van der Waals surface area contributed by atoms with Gasteiger partial charge in [-0.3, -0.25) is 14.5 Å². The molecule has 0 radical (unpaired) electrons. The van der Waals surface area contributed by atoms with Crippen molar-refractivity contribution in [3.05, 3.63) is 71.3 Å². The van der Waals surface area contributed by atoms with E-state index < -0.39 is 0 Å². The normalized spacial score (nSPS) is 15.0. The Kier molecular flexibility index (Phi) is 6.18. The van der Waals surface area contributed by atoms with E-state index in [1.807, 2.05) is 23.1 Å². The number of ketones is 1. The van der Waals surface area contributed by atoms with Crippen molar-refractivity contribution in [2.75, 3.05) is 32.7 Å². The molecule has 0 spiro atoms. The lowest BCUT2D eigenvalue weighted by Gasteiger charge is -2.34. The van der Waals surface area contributed by atoms with E-state index in [4.69, 9.17) is 0 Å². The SMILES string of the molecule is CCCCN1CCN(C(=O)c2ccc(C(=O)c3ccccc3)cc2)CC1. The quantitative estimate of drug-likeness (QED) is 0.749. The predicted octanol–water partition coefficient (Wildman–Crippen LogP) is 3.48. The van der Waals surface area contributed by atoms with Crippen LogP contribution in [0.15, 0.2) is 54.6 Å². The fourth-order valence-electron chi connectivity index (χ4n) is 3.26. The van der Waals surface area contributed by atoms with Gasteiger partial charge in [0.2, 0.25) is 0 Å². The van der Waals surface area contributed by atoms with Crippen LogP contribution in [0, 0.1) is 0 Å². The van der Waals surface area contributed by atoms with Crippen LogP contribution in [0.1, 0.15) is 46.0 Å². The van der Waals surface area contributed by atoms with Crippen LogP contribution in [-0.2, 0) is 0 Å². The van der Waals surface area contributed by atoms with Crippen molar-refractivity contribution in [1.82, 2.24) is 9.80 Å². The van der Waals surface area contributed by atoms with Gasteiger partial charge in [-0.1, -0.05) is 55.8 Å². The Bertz CT molecular complexity index is 732. The molecule has 0 atom stereocenters. The predicted molar refractivity (Wildman–Crippen MR) is 104 cm³/mol. The summed E-state index contributed by atoms with van der Waals surface area (Å²) in [5.74, 6) is 0.0352. The van der Waals surface area contributed by atoms with Crippen molar-refractivity contribution in [3.63, 3.8) is 0 Å². The molecule has 1 fully saturated rings. The Morgan fingerprint density at radius 3 is 2.00 bits per heavy atom. The highest BCUT2D eigenvalue weighted by Crippen LogP contribution is 2.14. The highest BCUT2D eigenvalue weighted by molar-refractivity contribution is 6.09. The molecule has 0 aromatic heterocycles. The number of rotatable bonds is 6. The van der Waals surface area contributed by atoms with Crippen LogP contribution in [0.5, 0.6) is 0 Å². The molecule has 0 N–H and O–H groups in total. The van der Waals surface area contributed by atoms with Gasteiger partial charge < -0.3 is 4.90 Å². The molecule has 4 heteroatoms. The lowest BCUT2D eigenvalue weighted by molar-refractivity contribution is 0.0635. The molecular weight excluding hydrogens is 324 g/mol. The third-order valence-electron chi connectivity index (χ3n) is 4.92. The molecule has 1 aliphatic heterocycles. The number of benzene rings is 2. The molecule has 4 nitrogen and oxygen atoms in total. The van der Waals surface area contributed by atoms with Crippen LogP contribution < -0.4 is 0 Å². The summed E-state index contributed by atoms with van der Waals surface area (Å²) < 4.78 is 0. The first kappa shape index (κ1) is 18.3. The van der Waals surface area contributed by atoms with Gasteiger partial charge in [0.25, 0.3) is 5.91 Å². The minimum absolute atomic E-state index is 0.0193. The maximum Gasteiger partial charge on any atom is 0.253 e. The molecule has 2 aromatic rings. The lowest BCUT2D eigenvalue weighted by Crippen LogP contribution is -2.48. The first-order valence-corrected chi connectivity index (χ1v) is 9.40. The molecule has 0 bridgehead atoms. The molecule has 0 aliphatic carbocycles. The highest BCUT2D eigenvalue weighted by atomic mass is 16.2. The van der Waals surface area contributed by atoms with Crippen molar-refractivity contribution in [1.29, 1.82) is 0 Å². The summed E-state index contributed by atoms with van der Waals surface area (Å²) >= 11 is 0. The molecule has 26 heavy (non-hydrogen) atoms.